The highest BCUT2D eigenvalue weighted by Gasteiger charge is 2.37. The topological polar surface area (TPSA) is 66.8 Å². The zero-order chi connectivity index (χ0) is 14.0. The molecule has 102 valence electrons. The third-order valence-electron chi connectivity index (χ3n) is 3.09. The number of methoxy groups -OCH3 is 1. The molecule has 0 radical (unpaired) electrons. The van der Waals surface area contributed by atoms with E-state index in [0.29, 0.717) is 17.9 Å². The lowest BCUT2D eigenvalue weighted by atomic mass is 10.1. The second-order valence-electron chi connectivity index (χ2n) is 4.42. The van der Waals surface area contributed by atoms with Crippen molar-refractivity contribution in [3.63, 3.8) is 0 Å². The Morgan fingerprint density at radius 1 is 1.58 bits per heavy atom. The molecular weight excluding hydrogens is 266 g/mol. The van der Waals surface area contributed by atoms with Crippen molar-refractivity contribution in [1.82, 2.24) is 4.90 Å². The summed E-state index contributed by atoms with van der Waals surface area (Å²) in [6.07, 6.45) is 0.275. The summed E-state index contributed by atoms with van der Waals surface area (Å²) in [7, 11) is 1.51. The smallest absolute Gasteiger partial charge is 0.331 e. The molecule has 0 aromatic heterocycles. The molecule has 6 heteroatoms. The van der Waals surface area contributed by atoms with Crippen LogP contribution in [0.4, 0.5) is 0 Å². The highest BCUT2D eigenvalue weighted by atomic mass is 32.1. The summed E-state index contributed by atoms with van der Waals surface area (Å²) < 4.78 is 5.08. The second kappa shape index (κ2) is 5.52. The highest BCUT2D eigenvalue weighted by Crippen LogP contribution is 2.29. The van der Waals surface area contributed by atoms with Gasteiger partial charge in [0.1, 0.15) is 5.75 Å². The summed E-state index contributed by atoms with van der Waals surface area (Å²) in [5.41, 5.74) is 0.530. The first-order chi connectivity index (χ1) is 9.02. The molecule has 0 bridgehead atoms. The van der Waals surface area contributed by atoms with E-state index in [9.17, 15) is 14.7 Å². The van der Waals surface area contributed by atoms with Crippen LogP contribution in [0.15, 0.2) is 24.3 Å². The van der Waals surface area contributed by atoms with E-state index >= 15 is 0 Å². The zero-order valence-corrected chi connectivity index (χ0v) is 11.3. The number of amides is 1. The molecule has 1 N–H and O–H groups in total. The molecule has 1 aliphatic heterocycles. The number of carboxylic acids is 1. The average Bonchev–Trinajstić information content (AvgIpc) is 2.68. The number of aliphatic carboxylic acids is 1. The number of nitrogens with zero attached hydrogens (tertiary/aromatic N) is 1. The summed E-state index contributed by atoms with van der Waals surface area (Å²) in [5, 5.41) is 9.28. The van der Waals surface area contributed by atoms with Crippen molar-refractivity contribution in [2.24, 2.45) is 0 Å². The summed E-state index contributed by atoms with van der Waals surface area (Å²) in [6, 6.07) is 5.77. The number of carbonyl (C=O) groups is 2. The number of carboxylic acid groups (broad SMARTS) is 1. The monoisotopic (exact) mass is 281 g/mol. The zero-order valence-electron chi connectivity index (χ0n) is 10.4. The van der Waals surface area contributed by atoms with Crippen molar-refractivity contribution in [1.29, 1.82) is 0 Å². The summed E-state index contributed by atoms with van der Waals surface area (Å²) in [5.74, 6) is -0.669. The molecule has 1 amide bonds. The quantitative estimate of drug-likeness (QED) is 0.818. The van der Waals surface area contributed by atoms with Crippen LogP contribution in [0.3, 0.4) is 0 Å². The predicted molar refractivity (Wildman–Crippen MR) is 72.5 cm³/mol. The van der Waals surface area contributed by atoms with E-state index in [4.69, 9.17) is 4.74 Å². The number of thiol groups is 1. The molecule has 1 heterocycles. The lowest BCUT2D eigenvalue weighted by Gasteiger charge is -2.25. The molecule has 0 aliphatic carbocycles. The van der Waals surface area contributed by atoms with E-state index in [-0.39, 0.29) is 17.6 Å². The Kier molecular flexibility index (Phi) is 3.99. The number of likely N-dealkylation sites (tertiary alicyclic amines) is 1. The van der Waals surface area contributed by atoms with Gasteiger partial charge in [0.25, 0.3) is 0 Å². The minimum Gasteiger partial charge on any atom is -0.497 e. The Balaban J connectivity index is 2.34. The Bertz CT molecular complexity index is 505. The molecule has 1 aromatic carbocycles. The molecule has 1 fully saturated rings. The molecule has 2 rings (SSSR count). The Hall–Kier alpha value is -1.69. The van der Waals surface area contributed by atoms with Gasteiger partial charge in [0.05, 0.1) is 7.11 Å². The lowest BCUT2D eigenvalue weighted by molar-refractivity contribution is -0.148. The van der Waals surface area contributed by atoms with Crippen LogP contribution in [0.1, 0.15) is 18.0 Å². The van der Waals surface area contributed by atoms with E-state index in [1.165, 1.54) is 12.0 Å². The molecular formula is C13H15NO4S. The van der Waals surface area contributed by atoms with Gasteiger partial charge in [0.15, 0.2) is 6.04 Å². The molecule has 1 aliphatic rings. The van der Waals surface area contributed by atoms with Crippen LogP contribution in [0.5, 0.6) is 5.75 Å². The first-order valence-electron chi connectivity index (χ1n) is 5.87. The summed E-state index contributed by atoms with van der Waals surface area (Å²) in [6.45, 7) is 0.343. The van der Waals surface area contributed by atoms with E-state index in [1.807, 2.05) is 0 Å². The van der Waals surface area contributed by atoms with Crippen LogP contribution >= 0.6 is 12.6 Å². The molecule has 1 aromatic rings. The van der Waals surface area contributed by atoms with Gasteiger partial charge in [-0.25, -0.2) is 4.79 Å². The van der Waals surface area contributed by atoms with Crippen molar-refractivity contribution in [2.45, 2.75) is 17.7 Å². The normalized spacial score (nSPS) is 20.4. The third kappa shape index (κ3) is 2.84. The van der Waals surface area contributed by atoms with Gasteiger partial charge < -0.3 is 14.7 Å². The fourth-order valence-electron chi connectivity index (χ4n) is 2.23. The highest BCUT2D eigenvalue weighted by molar-refractivity contribution is 7.81. The molecule has 0 saturated carbocycles. The minimum atomic E-state index is -1.05. The van der Waals surface area contributed by atoms with Gasteiger partial charge in [-0.3, -0.25) is 4.79 Å². The number of ether oxygens (including phenoxy) is 1. The average molecular weight is 281 g/mol. The SMILES string of the molecule is COc1cccc(C(C(=O)O)N2CC(S)CC2=O)c1. The maximum atomic E-state index is 11.8. The number of hydrogen-bond donors (Lipinski definition) is 2. The van der Waals surface area contributed by atoms with E-state index < -0.39 is 12.0 Å². The number of carbonyl (C=O) groups excluding carboxylic acids is 1. The van der Waals surface area contributed by atoms with Gasteiger partial charge in [-0.05, 0) is 17.7 Å². The summed E-state index contributed by atoms with van der Waals surface area (Å²) >= 11 is 4.25. The Morgan fingerprint density at radius 2 is 2.32 bits per heavy atom. The van der Waals surface area contributed by atoms with Gasteiger partial charge in [-0.2, -0.15) is 12.6 Å². The van der Waals surface area contributed by atoms with Gasteiger partial charge in [-0.1, -0.05) is 12.1 Å². The third-order valence-corrected chi connectivity index (χ3v) is 3.44. The van der Waals surface area contributed by atoms with Crippen LogP contribution < -0.4 is 4.74 Å². The van der Waals surface area contributed by atoms with Crippen LogP contribution in [0.25, 0.3) is 0 Å². The molecule has 1 saturated heterocycles. The van der Waals surface area contributed by atoms with E-state index in [2.05, 4.69) is 12.6 Å². The van der Waals surface area contributed by atoms with Crippen molar-refractivity contribution in [2.75, 3.05) is 13.7 Å². The van der Waals surface area contributed by atoms with Crippen LogP contribution in [-0.2, 0) is 9.59 Å². The van der Waals surface area contributed by atoms with Gasteiger partial charge in [0, 0.05) is 18.2 Å². The second-order valence-corrected chi connectivity index (χ2v) is 5.15. The largest absolute Gasteiger partial charge is 0.497 e. The molecule has 2 atom stereocenters. The maximum Gasteiger partial charge on any atom is 0.331 e. The molecule has 2 unspecified atom stereocenters. The first-order valence-corrected chi connectivity index (χ1v) is 6.39. The van der Waals surface area contributed by atoms with Crippen LogP contribution in [0.2, 0.25) is 0 Å². The van der Waals surface area contributed by atoms with E-state index in [0.717, 1.165) is 0 Å². The maximum absolute atomic E-state index is 11.8. The van der Waals surface area contributed by atoms with Crippen molar-refractivity contribution < 1.29 is 19.4 Å². The molecule has 19 heavy (non-hydrogen) atoms. The summed E-state index contributed by atoms with van der Waals surface area (Å²) in [4.78, 5) is 24.7. The van der Waals surface area contributed by atoms with E-state index in [1.54, 1.807) is 24.3 Å². The van der Waals surface area contributed by atoms with Gasteiger partial charge >= 0.3 is 5.97 Å². The van der Waals surface area contributed by atoms with Crippen molar-refractivity contribution >= 4 is 24.5 Å². The van der Waals surface area contributed by atoms with Gasteiger partial charge in [0.2, 0.25) is 5.91 Å². The van der Waals surface area contributed by atoms with Gasteiger partial charge in [-0.15, -0.1) is 0 Å². The minimum absolute atomic E-state index is 0.111. The van der Waals surface area contributed by atoms with Crippen molar-refractivity contribution in [3.05, 3.63) is 29.8 Å². The Morgan fingerprint density at radius 3 is 2.84 bits per heavy atom. The van der Waals surface area contributed by atoms with Crippen LogP contribution in [-0.4, -0.2) is 40.8 Å². The van der Waals surface area contributed by atoms with Crippen LogP contribution in [0, 0.1) is 0 Å². The lowest BCUT2D eigenvalue weighted by Crippen LogP contribution is -2.35. The number of rotatable bonds is 4. The molecule has 5 nitrogen and oxygen atoms in total. The number of hydrogen-bond acceptors (Lipinski definition) is 4. The fourth-order valence-corrected chi connectivity index (χ4v) is 2.56. The Labute approximate surface area is 116 Å². The number of benzene rings is 1. The predicted octanol–water partition coefficient (Wildman–Crippen LogP) is 1.35. The first kappa shape index (κ1) is 13.7. The van der Waals surface area contributed by atoms with Crippen molar-refractivity contribution in [3.8, 4) is 5.75 Å². The fraction of sp³-hybridized carbons (Fsp3) is 0.385. The molecule has 0 spiro atoms. The standard InChI is InChI=1S/C13H15NO4S/c1-18-9-4-2-3-8(5-9)12(13(16)17)14-7-10(19)6-11(14)15/h2-5,10,12,19H,6-7H2,1H3,(H,16,17).